The highest BCUT2D eigenvalue weighted by Gasteiger charge is 2.24. The van der Waals surface area contributed by atoms with E-state index in [0.29, 0.717) is 30.6 Å². The minimum Gasteiger partial charge on any atom is -0.480 e. The van der Waals surface area contributed by atoms with E-state index in [1.165, 1.54) is 12.8 Å². The molecule has 7 nitrogen and oxygen atoms in total. The van der Waals surface area contributed by atoms with E-state index in [1.807, 2.05) is 66.5 Å². The van der Waals surface area contributed by atoms with Gasteiger partial charge in [-0.05, 0) is 81.2 Å². The van der Waals surface area contributed by atoms with E-state index in [2.05, 4.69) is 48.6 Å². The van der Waals surface area contributed by atoms with Crippen LogP contribution in [0.1, 0.15) is 67.9 Å². The van der Waals surface area contributed by atoms with Crippen molar-refractivity contribution in [1.82, 2.24) is 15.2 Å². The predicted octanol–water partition coefficient (Wildman–Crippen LogP) is 6.28. The zero-order chi connectivity index (χ0) is 28.5. The summed E-state index contributed by atoms with van der Waals surface area (Å²) in [7, 11) is 0. The normalized spacial score (nSPS) is 16.1. The summed E-state index contributed by atoms with van der Waals surface area (Å²) < 4.78 is 5.41. The number of allylic oxidation sites excluding steroid dienone is 2. The summed E-state index contributed by atoms with van der Waals surface area (Å²) in [6.07, 6.45) is 8.30. The predicted molar refractivity (Wildman–Crippen MR) is 164 cm³/mol. The zero-order valence-electron chi connectivity index (χ0n) is 24.2. The molecular formula is C33H43N5O2. The molecule has 0 spiro atoms. The molecule has 1 saturated heterocycles. The fourth-order valence-electron chi connectivity index (χ4n) is 5.35. The summed E-state index contributed by atoms with van der Waals surface area (Å²) >= 11 is 0. The van der Waals surface area contributed by atoms with Gasteiger partial charge in [-0.2, -0.15) is 5.10 Å². The lowest BCUT2D eigenvalue weighted by molar-refractivity contribution is 0.0886. The summed E-state index contributed by atoms with van der Waals surface area (Å²) in [5.74, 6) is 0.508. The average Bonchev–Trinajstić information content (AvgIpc) is 2.96. The van der Waals surface area contributed by atoms with Gasteiger partial charge in [0.2, 0.25) is 0 Å². The molecule has 7 heteroatoms. The summed E-state index contributed by atoms with van der Waals surface area (Å²) in [5, 5.41) is 13.2. The number of nitrogens with zero attached hydrogens (tertiary/aromatic N) is 3. The van der Waals surface area contributed by atoms with Crippen molar-refractivity contribution in [3.05, 3.63) is 102 Å². The highest BCUT2D eigenvalue weighted by atomic mass is 16.5. The van der Waals surface area contributed by atoms with Gasteiger partial charge in [0.1, 0.15) is 0 Å². The number of amides is 1. The molecule has 0 aliphatic carbocycles. The van der Waals surface area contributed by atoms with Gasteiger partial charge in [-0.1, -0.05) is 44.7 Å². The van der Waals surface area contributed by atoms with E-state index >= 15 is 0 Å². The summed E-state index contributed by atoms with van der Waals surface area (Å²) in [6, 6.07) is 16.6. The van der Waals surface area contributed by atoms with E-state index in [9.17, 15) is 4.79 Å². The summed E-state index contributed by atoms with van der Waals surface area (Å²) in [6.45, 7) is 17.7. The molecular weight excluding hydrogens is 498 g/mol. The summed E-state index contributed by atoms with van der Waals surface area (Å²) in [5.41, 5.74) is 5.24. The number of hydrogen-bond acceptors (Lipinski definition) is 6. The first-order chi connectivity index (χ1) is 19.4. The average molecular weight is 542 g/mol. The molecule has 0 atom stereocenters. The van der Waals surface area contributed by atoms with Crippen molar-refractivity contribution in [3.63, 3.8) is 0 Å². The topological polar surface area (TPSA) is 69.2 Å². The molecule has 4 rings (SSSR count). The Morgan fingerprint density at radius 2 is 1.80 bits per heavy atom. The van der Waals surface area contributed by atoms with Crippen molar-refractivity contribution < 1.29 is 9.53 Å². The van der Waals surface area contributed by atoms with Gasteiger partial charge in [-0.25, -0.2) is 0 Å². The molecule has 2 heterocycles. The van der Waals surface area contributed by atoms with Crippen LogP contribution in [0.3, 0.4) is 0 Å². The number of piperidine rings is 1. The fourth-order valence-corrected chi connectivity index (χ4v) is 5.35. The number of benzene rings is 2. The number of nitrogens with one attached hydrogen (secondary N) is 2. The first kappa shape index (κ1) is 29.2. The molecule has 1 amide bonds. The van der Waals surface area contributed by atoms with Gasteiger partial charge in [-0.3, -0.25) is 9.80 Å². The molecule has 2 aromatic rings. The van der Waals surface area contributed by atoms with E-state index in [-0.39, 0.29) is 11.9 Å². The quantitative estimate of drug-likeness (QED) is 0.310. The van der Waals surface area contributed by atoms with Crippen molar-refractivity contribution in [3.8, 4) is 0 Å². The molecule has 40 heavy (non-hydrogen) atoms. The van der Waals surface area contributed by atoms with Gasteiger partial charge >= 0.3 is 0 Å². The second-order valence-corrected chi connectivity index (χ2v) is 10.4. The molecule has 0 radical (unpaired) electrons. The van der Waals surface area contributed by atoms with E-state index in [0.717, 1.165) is 54.2 Å². The van der Waals surface area contributed by atoms with Crippen molar-refractivity contribution in [1.29, 1.82) is 0 Å². The first-order valence-electron chi connectivity index (χ1n) is 14.5. The van der Waals surface area contributed by atoms with Gasteiger partial charge in [0.25, 0.3) is 5.91 Å². The molecule has 2 aliphatic heterocycles. The SMILES string of the molecule is C=C(Nc1cccc(CN2N=C(c3ccc(C(=O)NC4CCN(C(CC)CC)CC4)cc3)C=CC2=C)c1)OCC. The molecule has 2 N–H and O–H groups in total. The van der Waals surface area contributed by atoms with Crippen LogP contribution in [0.25, 0.3) is 0 Å². The molecule has 212 valence electrons. The third kappa shape index (κ3) is 7.63. The van der Waals surface area contributed by atoms with Gasteiger partial charge in [0.05, 0.1) is 24.6 Å². The molecule has 0 bridgehead atoms. The summed E-state index contributed by atoms with van der Waals surface area (Å²) in [4.78, 5) is 15.5. The number of hydrazone groups is 1. The molecule has 2 aromatic carbocycles. The van der Waals surface area contributed by atoms with Crippen LogP contribution in [0, 0.1) is 0 Å². The highest BCUT2D eigenvalue weighted by molar-refractivity contribution is 6.09. The third-order valence-electron chi connectivity index (χ3n) is 7.62. The molecule has 1 fully saturated rings. The van der Waals surface area contributed by atoms with Crippen molar-refractivity contribution in [2.45, 2.75) is 65.1 Å². The number of carbonyl (C=O) groups is 1. The Balaban J connectivity index is 1.35. The lowest BCUT2D eigenvalue weighted by atomic mass is 10.00. The second-order valence-electron chi connectivity index (χ2n) is 10.4. The Morgan fingerprint density at radius 3 is 2.48 bits per heavy atom. The molecule has 0 aromatic heterocycles. The van der Waals surface area contributed by atoms with Crippen LogP contribution in [0.5, 0.6) is 0 Å². The monoisotopic (exact) mass is 541 g/mol. The minimum absolute atomic E-state index is 0.0100. The lowest BCUT2D eigenvalue weighted by Crippen LogP contribution is -2.47. The van der Waals surface area contributed by atoms with Crippen molar-refractivity contribution >= 4 is 17.3 Å². The van der Waals surface area contributed by atoms with Gasteiger partial charge in [0, 0.05) is 42.0 Å². The smallest absolute Gasteiger partial charge is 0.251 e. The fraction of sp³-hybridized carbons (Fsp3) is 0.394. The maximum atomic E-state index is 13.0. The lowest BCUT2D eigenvalue weighted by Gasteiger charge is -2.37. The number of carbonyl (C=O) groups excluding carboxylic acids is 1. The van der Waals surface area contributed by atoms with E-state index in [4.69, 9.17) is 9.84 Å². The maximum absolute atomic E-state index is 13.0. The van der Waals surface area contributed by atoms with E-state index < -0.39 is 0 Å². The number of hydrogen-bond donors (Lipinski definition) is 2. The van der Waals surface area contributed by atoms with Crippen molar-refractivity contribution in [2.24, 2.45) is 5.10 Å². The number of rotatable bonds is 12. The van der Waals surface area contributed by atoms with Crippen LogP contribution < -0.4 is 10.6 Å². The van der Waals surface area contributed by atoms with Crippen LogP contribution >= 0.6 is 0 Å². The molecule has 2 aliphatic rings. The first-order valence-corrected chi connectivity index (χ1v) is 14.5. The number of likely N-dealkylation sites (tertiary alicyclic amines) is 1. The van der Waals surface area contributed by atoms with Crippen LogP contribution in [0.2, 0.25) is 0 Å². The molecule has 0 unspecified atom stereocenters. The number of ether oxygens (including phenoxy) is 1. The van der Waals surface area contributed by atoms with Gasteiger partial charge < -0.3 is 20.3 Å². The Hall–Kier alpha value is -3.84. The Bertz CT molecular complexity index is 1240. The van der Waals surface area contributed by atoms with Crippen LogP contribution in [0.4, 0.5) is 5.69 Å². The Labute approximate surface area is 239 Å². The van der Waals surface area contributed by atoms with Crippen LogP contribution in [-0.2, 0) is 11.3 Å². The maximum Gasteiger partial charge on any atom is 0.251 e. The van der Waals surface area contributed by atoms with Gasteiger partial charge in [0.15, 0.2) is 5.88 Å². The van der Waals surface area contributed by atoms with E-state index in [1.54, 1.807) is 0 Å². The van der Waals surface area contributed by atoms with Crippen LogP contribution in [-0.4, -0.2) is 53.3 Å². The second kappa shape index (κ2) is 14.0. The third-order valence-corrected chi connectivity index (χ3v) is 7.62. The number of anilines is 1. The van der Waals surface area contributed by atoms with Crippen LogP contribution in [0.15, 0.2) is 90.5 Å². The molecule has 0 saturated carbocycles. The minimum atomic E-state index is -0.0100. The highest BCUT2D eigenvalue weighted by Crippen LogP contribution is 2.22. The Kier molecular flexibility index (Phi) is 10.2. The largest absolute Gasteiger partial charge is 0.480 e. The van der Waals surface area contributed by atoms with Crippen molar-refractivity contribution in [2.75, 3.05) is 25.0 Å². The standard InChI is InChI=1S/C33H43N5O2/c1-6-31(7-2)37-20-18-29(19-21-37)35-33(39)28-15-13-27(14-16-28)32-17-12-24(4)38(36-32)23-26-10-9-11-30(22-26)34-25(5)40-8-3/h9-17,22,29,31,34H,4-8,18-21,23H2,1-3H3,(H,35,39). The van der Waals surface area contributed by atoms with Gasteiger partial charge in [-0.15, -0.1) is 0 Å². The zero-order valence-corrected chi connectivity index (χ0v) is 24.2. The Morgan fingerprint density at radius 1 is 1.07 bits per heavy atom.